The minimum absolute atomic E-state index is 0.0723. The summed E-state index contributed by atoms with van der Waals surface area (Å²) >= 11 is 0. The Morgan fingerprint density at radius 1 is 1.22 bits per heavy atom. The molecule has 0 amide bonds. The third-order valence-electron chi connectivity index (χ3n) is 2.76. The SMILES string of the molecule is C[CH]c1cc(F)c(Cc2ccc[nH]c2=O)cc1F. The third kappa shape index (κ3) is 2.47. The fourth-order valence-electron chi connectivity index (χ4n) is 1.76. The van der Waals surface area contributed by atoms with Crippen molar-refractivity contribution in [2.75, 3.05) is 0 Å². The number of H-pyrrole nitrogens is 1. The zero-order valence-electron chi connectivity index (χ0n) is 9.84. The van der Waals surface area contributed by atoms with E-state index in [1.165, 1.54) is 12.6 Å². The second kappa shape index (κ2) is 5.12. The van der Waals surface area contributed by atoms with Crippen molar-refractivity contribution in [1.82, 2.24) is 4.98 Å². The van der Waals surface area contributed by atoms with E-state index in [-0.39, 0.29) is 23.1 Å². The average Bonchev–Trinajstić information content (AvgIpc) is 2.36. The largest absolute Gasteiger partial charge is 0.329 e. The Bertz CT molecular complexity index is 619. The number of pyridine rings is 1. The van der Waals surface area contributed by atoms with Gasteiger partial charge in [0, 0.05) is 18.2 Å². The van der Waals surface area contributed by atoms with Crippen LogP contribution in [0.1, 0.15) is 23.6 Å². The molecule has 18 heavy (non-hydrogen) atoms. The molecule has 0 aliphatic heterocycles. The first-order valence-corrected chi connectivity index (χ1v) is 5.55. The lowest BCUT2D eigenvalue weighted by Gasteiger charge is -2.06. The molecule has 0 unspecified atom stereocenters. The molecule has 4 heteroatoms. The Kier molecular flexibility index (Phi) is 3.55. The molecule has 0 saturated carbocycles. The minimum Gasteiger partial charge on any atom is -0.329 e. The topological polar surface area (TPSA) is 32.9 Å². The van der Waals surface area contributed by atoms with Gasteiger partial charge in [0.05, 0.1) is 0 Å². The smallest absolute Gasteiger partial charge is 0.251 e. The van der Waals surface area contributed by atoms with E-state index in [0.29, 0.717) is 5.56 Å². The molecule has 2 rings (SSSR count). The number of hydrogen-bond donors (Lipinski definition) is 1. The van der Waals surface area contributed by atoms with Crippen LogP contribution in [0, 0.1) is 18.1 Å². The first kappa shape index (κ1) is 12.5. The molecule has 1 radical (unpaired) electrons. The summed E-state index contributed by atoms with van der Waals surface area (Å²) in [5.74, 6) is -0.992. The van der Waals surface area contributed by atoms with E-state index >= 15 is 0 Å². The second-order valence-corrected chi connectivity index (χ2v) is 3.96. The molecule has 0 atom stereocenters. The van der Waals surface area contributed by atoms with Crippen molar-refractivity contribution in [2.24, 2.45) is 0 Å². The number of halogens is 2. The number of aromatic amines is 1. The maximum Gasteiger partial charge on any atom is 0.251 e. The molecule has 1 heterocycles. The molecule has 0 fully saturated rings. The van der Waals surface area contributed by atoms with Crippen molar-refractivity contribution in [3.8, 4) is 0 Å². The summed E-state index contributed by atoms with van der Waals surface area (Å²) in [5, 5.41) is 0. The van der Waals surface area contributed by atoms with Gasteiger partial charge in [0.1, 0.15) is 11.6 Å². The molecule has 2 aromatic rings. The van der Waals surface area contributed by atoms with E-state index in [1.807, 2.05) is 0 Å². The van der Waals surface area contributed by atoms with E-state index in [2.05, 4.69) is 4.98 Å². The number of hydrogen-bond acceptors (Lipinski definition) is 1. The highest BCUT2D eigenvalue weighted by atomic mass is 19.1. The van der Waals surface area contributed by atoms with Gasteiger partial charge >= 0.3 is 0 Å². The lowest BCUT2D eigenvalue weighted by atomic mass is 10.0. The zero-order valence-corrected chi connectivity index (χ0v) is 9.84. The van der Waals surface area contributed by atoms with E-state index in [4.69, 9.17) is 0 Å². The van der Waals surface area contributed by atoms with Gasteiger partial charge in [-0.3, -0.25) is 4.79 Å². The summed E-state index contributed by atoms with van der Waals surface area (Å²) in [6.07, 6.45) is 3.07. The highest BCUT2D eigenvalue weighted by Crippen LogP contribution is 2.18. The molecule has 1 aromatic carbocycles. The molecule has 1 aromatic heterocycles. The van der Waals surface area contributed by atoms with E-state index in [9.17, 15) is 13.6 Å². The van der Waals surface area contributed by atoms with Crippen LogP contribution in [0.25, 0.3) is 0 Å². The molecule has 0 bridgehead atoms. The number of nitrogens with one attached hydrogen (secondary N) is 1. The van der Waals surface area contributed by atoms with Gasteiger partial charge in [0.25, 0.3) is 5.56 Å². The fraction of sp³-hybridized carbons (Fsp3) is 0.143. The summed E-state index contributed by atoms with van der Waals surface area (Å²) in [7, 11) is 0. The highest BCUT2D eigenvalue weighted by Gasteiger charge is 2.10. The molecule has 0 aliphatic rings. The maximum atomic E-state index is 13.7. The number of benzene rings is 1. The fourth-order valence-corrected chi connectivity index (χ4v) is 1.76. The van der Waals surface area contributed by atoms with Gasteiger partial charge in [-0.05, 0) is 35.7 Å². The summed E-state index contributed by atoms with van der Waals surface area (Å²) in [4.78, 5) is 14.0. The molecule has 2 nitrogen and oxygen atoms in total. The Balaban J connectivity index is 2.39. The van der Waals surface area contributed by atoms with Gasteiger partial charge in [-0.2, -0.15) is 0 Å². The van der Waals surface area contributed by atoms with Crippen LogP contribution >= 0.6 is 0 Å². The molecule has 1 N–H and O–H groups in total. The predicted molar refractivity (Wildman–Crippen MR) is 65.3 cm³/mol. The van der Waals surface area contributed by atoms with Gasteiger partial charge in [0.15, 0.2) is 0 Å². The van der Waals surface area contributed by atoms with Crippen LogP contribution in [0.5, 0.6) is 0 Å². The molecule has 0 spiro atoms. The second-order valence-electron chi connectivity index (χ2n) is 3.96. The van der Waals surface area contributed by atoms with Crippen LogP contribution in [0.3, 0.4) is 0 Å². The predicted octanol–water partition coefficient (Wildman–Crippen LogP) is 2.82. The monoisotopic (exact) mass is 248 g/mol. The van der Waals surface area contributed by atoms with Gasteiger partial charge in [-0.25, -0.2) is 8.78 Å². The van der Waals surface area contributed by atoms with Gasteiger partial charge < -0.3 is 4.98 Å². The summed E-state index contributed by atoms with van der Waals surface area (Å²) in [6.45, 7) is 1.64. The Labute approximate surface area is 103 Å². The zero-order chi connectivity index (χ0) is 13.1. The standard InChI is InChI=1S/C14H12F2NO/c1-2-9-7-13(16)11(8-12(9)15)6-10-4-3-5-17-14(10)18/h2-5,7-8H,6H2,1H3,(H,17,18). The minimum atomic E-state index is -0.507. The molecule has 0 aliphatic carbocycles. The Hall–Kier alpha value is -1.97. The van der Waals surface area contributed by atoms with Crippen molar-refractivity contribution in [2.45, 2.75) is 13.3 Å². The third-order valence-corrected chi connectivity index (χ3v) is 2.76. The van der Waals surface area contributed by atoms with Crippen LogP contribution in [0.4, 0.5) is 8.78 Å². The summed E-state index contributed by atoms with van der Waals surface area (Å²) < 4.78 is 27.3. The van der Waals surface area contributed by atoms with E-state index in [0.717, 1.165) is 12.1 Å². The number of aromatic nitrogens is 1. The van der Waals surface area contributed by atoms with Crippen molar-refractivity contribution < 1.29 is 8.78 Å². The van der Waals surface area contributed by atoms with Crippen molar-refractivity contribution in [1.29, 1.82) is 0 Å². The number of rotatable bonds is 3. The van der Waals surface area contributed by atoms with Gasteiger partial charge in [-0.1, -0.05) is 13.0 Å². The van der Waals surface area contributed by atoms with Crippen LogP contribution in [0.2, 0.25) is 0 Å². The van der Waals surface area contributed by atoms with Crippen LogP contribution in [-0.2, 0) is 6.42 Å². The van der Waals surface area contributed by atoms with E-state index in [1.54, 1.807) is 19.1 Å². The summed E-state index contributed by atoms with van der Waals surface area (Å²) in [5.41, 5.74) is 0.514. The van der Waals surface area contributed by atoms with Crippen molar-refractivity contribution in [3.05, 3.63) is 75.6 Å². The Morgan fingerprint density at radius 2 is 2.00 bits per heavy atom. The van der Waals surface area contributed by atoms with Crippen molar-refractivity contribution in [3.63, 3.8) is 0 Å². The first-order valence-electron chi connectivity index (χ1n) is 5.55. The van der Waals surface area contributed by atoms with E-state index < -0.39 is 11.6 Å². The van der Waals surface area contributed by atoms with Gasteiger partial charge in [0.2, 0.25) is 0 Å². The molecular weight excluding hydrogens is 236 g/mol. The lowest BCUT2D eigenvalue weighted by molar-refractivity contribution is 0.583. The first-order chi connectivity index (χ1) is 8.61. The van der Waals surface area contributed by atoms with Crippen LogP contribution in [0.15, 0.2) is 35.3 Å². The van der Waals surface area contributed by atoms with Gasteiger partial charge in [-0.15, -0.1) is 0 Å². The maximum absolute atomic E-state index is 13.7. The van der Waals surface area contributed by atoms with Crippen LogP contribution in [-0.4, -0.2) is 4.98 Å². The average molecular weight is 248 g/mol. The molecule has 93 valence electrons. The highest BCUT2D eigenvalue weighted by molar-refractivity contribution is 5.33. The van der Waals surface area contributed by atoms with Crippen LogP contribution < -0.4 is 5.56 Å². The lowest BCUT2D eigenvalue weighted by Crippen LogP contribution is -2.12. The Morgan fingerprint density at radius 3 is 2.67 bits per heavy atom. The molecular formula is C14H12F2NO. The summed E-state index contributed by atoms with van der Waals surface area (Å²) in [6, 6.07) is 5.52. The quantitative estimate of drug-likeness (QED) is 0.890. The van der Waals surface area contributed by atoms with Crippen molar-refractivity contribution >= 4 is 0 Å². The normalized spacial score (nSPS) is 10.6. The molecule has 0 saturated heterocycles.